The molecule has 2 bridgehead atoms. The van der Waals surface area contributed by atoms with Gasteiger partial charge >= 0.3 is 0 Å². The predicted octanol–water partition coefficient (Wildman–Crippen LogP) is 2.65. The topological polar surface area (TPSA) is 98.8 Å². The Kier molecular flexibility index (Phi) is 8.82. The van der Waals surface area contributed by atoms with E-state index in [9.17, 15) is 23.6 Å². The number of nitrogens with zero attached hydrogens (tertiary/aromatic N) is 2. The van der Waals surface area contributed by atoms with Gasteiger partial charge in [-0.2, -0.15) is 0 Å². The molecule has 3 aliphatic rings. The van der Waals surface area contributed by atoms with E-state index in [0.29, 0.717) is 38.8 Å². The van der Waals surface area contributed by atoms with Crippen molar-refractivity contribution in [3.05, 3.63) is 35.1 Å². The Morgan fingerprint density at radius 3 is 2.54 bits per heavy atom. The van der Waals surface area contributed by atoms with Crippen molar-refractivity contribution < 1.29 is 23.6 Å². The number of benzene rings is 1. The maximum Gasteiger partial charge on any atom is 0.257 e. The predicted molar refractivity (Wildman–Crippen MR) is 137 cm³/mol. The summed E-state index contributed by atoms with van der Waals surface area (Å²) in [5.74, 6) is -1.75. The molecule has 2 aliphatic heterocycles. The average Bonchev–Trinajstić information content (AvgIpc) is 3.58. The van der Waals surface area contributed by atoms with Crippen LogP contribution in [0.25, 0.3) is 0 Å². The molecule has 2 N–H and O–H groups in total. The SMILES string of the molecule is CC(C)[C@@H]1CN(C(=O)C2CCCC2)CC(=O)NCCCc2ccc(F)c(c2)C(=O)N2CCC[C@H]2C(=O)N1. The molecule has 202 valence electrons. The van der Waals surface area contributed by atoms with Crippen molar-refractivity contribution in [2.45, 2.75) is 77.3 Å². The number of fused-ring (bicyclic) bond motifs is 3. The van der Waals surface area contributed by atoms with Gasteiger partial charge in [-0.05, 0) is 62.1 Å². The molecule has 2 atom stereocenters. The van der Waals surface area contributed by atoms with Gasteiger partial charge in [0.15, 0.2) is 0 Å². The van der Waals surface area contributed by atoms with Crippen molar-refractivity contribution in [2.75, 3.05) is 26.2 Å². The molecule has 2 heterocycles. The van der Waals surface area contributed by atoms with E-state index in [1.54, 1.807) is 17.0 Å². The van der Waals surface area contributed by atoms with Gasteiger partial charge in [0.25, 0.3) is 5.91 Å². The number of halogens is 1. The summed E-state index contributed by atoms with van der Waals surface area (Å²) >= 11 is 0. The van der Waals surface area contributed by atoms with Crippen molar-refractivity contribution in [2.24, 2.45) is 11.8 Å². The molecule has 0 aromatic heterocycles. The fourth-order valence-corrected chi connectivity index (χ4v) is 5.68. The second kappa shape index (κ2) is 12.0. The molecule has 1 aliphatic carbocycles. The summed E-state index contributed by atoms with van der Waals surface area (Å²) in [6.45, 7) is 4.89. The maximum atomic E-state index is 14.7. The molecule has 37 heavy (non-hydrogen) atoms. The van der Waals surface area contributed by atoms with E-state index in [2.05, 4.69) is 10.6 Å². The van der Waals surface area contributed by atoms with Gasteiger partial charge in [0.2, 0.25) is 17.7 Å². The lowest BCUT2D eigenvalue weighted by Crippen LogP contribution is -2.55. The zero-order valence-electron chi connectivity index (χ0n) is 21.9. The van der Waals surface area contributed by atoms with Crippen LogP contribution in [0, 0.1) is 17.7 Å². The quantitative estimate of drug-likeness (QED) is 0.634. The molecule has 1 saturated carbocycles. The van der Waals surface area contributed by atoms with Crippen LogP contribution in [0.3, 0.4) is 0 Å². The second-order valence-electron chi connectivity index (χ2n) is 11.0. The molecular formula is C28H39FN4O4. The van der Waals surface area contributed by atoms with E-state index in [1.807, 2.05) is 13.8 Å². The Hall–Kier alpha value is -2.97. The minimum absolute atomic E-state index is 0.00680. The minimum Gasteiger partial charge on any atom is -0.355 e. The molecule has 2 fully saturated rings. The summed E-state index contributed by atoms with van der Waals surface area (Å²) in [5.41, 5.74) is 0.765. The number of aryl methyl sites for hydroxylation is 1. The van der Waals surface area contributed by atoms with Crippen LogP contribution in [0.15, 0.2) is 18.2 Å². The highest BCUT2D eigenvalue weighted by atomic mass is 19.1. The zero-order valence-corrected chi connectivity index (χ0v) is 21.9. The summed E-state index contributed by atoms with van der Waals surface area (Å²) in [4.78, 5) is 56.1. The highest BCUT2D eigenvalue weighted by molar-refractivity contribution is 5.98. The van der Waals surface area contributed by atoms with Crippen molar-refractivity contribution >= 4 is 23.6 Å². The Labute approximate surface area is 218 Å². The van der Waals surface area contributed by atoms with Crippen molar-refractivity contribution in [1.29, 1.82) is 0 Å². The third-order valence-electron chi connectivity index (χ3n) is 7.94. The molecule has 0 radical (unpaired) electrons. The highest BCUT2D eigenvalue weighted by Crippen LogP contribution is 2.27. The number of hydrogen-bond acceptors (Lipinski definition) is 4. The first-order valence-corrected chi connectivity index (χ1v) is 13.7. The lowest BCUT2D eigenvalue weighted by molar-refractivity contribution is -0.140. The van der Waals surface area contributed by atoms with Gasteiger partial charge < -0.3 is 20.4 Å². The number of carbonyl (C=O) groups is 4. The number of amides is 4. The fourth-order valence-electron chi connectivity index (χ4n) is 5.68. The minimum atomic E-state index is -0.699. The smallest absolute Gasteiger partial charge is 0.257 e. The Bertz CT molecular complexity index is 1020. The van der Waals surface area contributed by atoms with Gasteiger partial charge in [-0.25, -0.2) is 4.39 Å². The fraction of sp³-hybridized carbons (Fsp3) is 0.643. The van der Waals surface area contributed by atoms with Gasteiger partial charge in [-0.1, -0.05) is 32.8 Å². The number of hydrogen-bond donors (Lipinski definition) is 2. The number of carbonyl (C=O) groups excluding carboxylic acids is 4. The summed E-state index contributed by atoms with van der Waals surface area (Å²) in [5, 5.41) is 5.96. The Balaban J connectivity index is 1.62. The summed E-state index contributed by atoms with van der Waals surface area (Å²) in [6.07, 6.45) is 5.99. The van der Waals surface area contributed by atoms with Crippen molar-refractivity contribution in [3.63, 3.8) is 0 Å². The van der Waals surface area contributed by atoms with Gasteiger partial charge in [-0.3, -0.25) is 19.2 Å². The molecule has 1 aromatic carbocycles. The monoisotopic (exact) mass is 514 g/mol. The van der Waals surface area contributed by atoms with Crippen LogP contribution in [0.2, 0.25) is 0 Å². The molecule has 4 rings (SSSR count). The van der Waals surface area contributed by atoms with Crippen molar-refractivity contribution in [1.82, 2.24) is 20.4 Å². The van der Waals surface area contributed by atoms with Crippen molar-refractivity contribution in [3.8, 4) is 0 Å². The van der Waals surface area contributed by atoms with E-state index >= 15 is 0 Å². The van der Waals surface area contributed by atoms with Crippen LogP contribution in [0.1, 0.15) is 74.7 Å². The third-order valence-corrected chi connectivity index (χ3v) is 7.94. The third kappa shape index (κ3) is 6.48. The van der Waals surface area contributed by atoms with E-state index in [0.717, 1.165) is 31.2 Å². The molecular weight excluding hydrogens is 475 g/mol. The first-order valence-electron chi connectivity index (χ1n) is 13.7. The second-order valence-corrected chi connectivity index (χ2v) is 11.0. The van der Waals surface area contributed by atoms with Crippen LogP contribution in [0.5, 0.6) is 0 Å². The average molecular weight is 515 g/mol. The van der Waals surface area contributed by atoms with Crippen LogP contribution < -0.4 is 10.6 Å². The highest BCUT2D eigenvalue weighted by Gasteiger charge is 2.37. The molecule has 8 nitrogen and oxygen atoms in total. The van der Waals surface area contributed by atoms with E-state index in [-0.39, 0.29) is 54.3 Å². The van der Waals surface area contributed by atoms with Crippen LogP contribution in [-0.4, -0.2) is 71.7 Å². The Morgan fingerprint density at radius 2 is 1.81 bits per heavy atom. The molecule has 0 unspecified atom stereocenters. The zero-order chi connectivity index (χ0) is 26.5. The molecule has 0 spiro atoms. The standard InChI is InChI=1S/C28H39FN4O4/c1-18(2)23-16-32(27(36)20-8-3-4-9-20)17-25(34)30-13-5-7-19-11-12-22(29)21(15-19)28(37)33-14-6-10-24(33)26(35)31-23/h11-12,15,18,20,23-24H,3-10,13-14,16-17H2,1-2H3,(H,30,34)(H,31,35)/t23-,24-/m0/s1. The lowest BCUT2D eigenvalue weighted by Gasteiger charge is -2.33. The first-order chi connectivity index (χ1) is 17.7. The normalized spacial score (nSPS) is 24.6. The first kappa shape index (κ1) is 27.1. The van der Waals surface area contributed by atoms with Gasteiger partial charge in [-0.15, -0.1) is 0 Å². The Morgan fingerprint density at radius 1 is 1.05 bits per heavy atom. The molecule has 1 saturated heterocycles. The van der Waals surface area contributed by atoms with Gasteiger partial charge in [0.1, 0.15) is 11.9 Å². The lowest BCUT2D eigenvalue weighted by atomic mass is 10.0. The van der Waals surface area contributed by atoms with Gasteiger partial charge in [0.05, 0.1) is 12.1 Å². The van der Waals surface area contributed by atoms with Crippen LogP contribution in [-0.2, 0) is 20.8 Å². The molecule has 4 amide bonds. The van der Waals surface area contributed by atoms with E-state index in [1.165, 1.54) is 11.0 Å². The summed E-state index contributed by atoms with van der Waals surface area (Å²) in [7, 11) is 0. The summed E-state index contributed by atoms with van der Waals surface area (Å²) < 4.78 is 14.7. The molecule has 9 heteroatoms. The van der Waals surface area contributed by atoms with Crippen LogP contribution >= 0.6 is 0 Å². The summed E-state index contributed by atoms with van der Waals surface area (Å²) in [6, 6.07) is 3.41. The van der Waals surface area contributed by atoms with E-state index < -0.39 is 17.8 Å². The largest absolute Gasteiger partial charge is 0.355 e. The number of rotatable bonds is 2. The van der Waals surface area contributed by atoms with E-state index in [4.69, 9.17) is 0 Å². The number of nitrogens with one attached hydrogen (secondary N) is 2. The van der Waals surface area contributed by atoms with Crippen LogP contribution in [0.4, 0.5) is 4.39 Å². The molecule has 1 aromatic rings. The maximum absolute atomic E-state index is 14.7. The van der Waals surface area contributed by atoms with Gasteiger partial charge in [0, 0.05) is 31.6 Å².